The van der Waals surface area contributed by atoms with Gasteiger partial charge < -0.3 is 20.1 Å². The first kappa shape index (κ1) is 27.2. The highest BCUT2D eigenvalue weighted by molar-refractivity contribution is 7.13. The lowest BCUT2D eigenvalue weighted by Crippen LogP contribution is -2.49. The molecule has 0 aromatic carbocycles. The number of aromatic carboxylic acids is 1. The van der Waals surface area contributed by atoms with Gasteiger partial charge in [0.25, 0.3) is 0 Å². The van der Waals surface area contributed by atoms with E-state index in [-0.39, 0.29) is 35.6 Å². The van der Waals surface area contributed by atoms with Crippen molar-refractivity contribution in [3.8, 4) is 10.4 Å². The van der Waals surface area contributed by atoms with Crippen molar-refractivity contribution in [3.05, 3.63) is 47.1 Å². The number of carbonyl (C=O) groups excluding carboxylic acids is 1. The highest BCUT2D eigenvalue weighted by Crippen LogP contribution is 2.42. The van der Waals surface area contributed by atoms with Gasteiger partial charge in [-0.1, -0.05) is 19.9 Å². The standard InChI is InChI=1S/C29H37N5O4S/c1-17(2)11-21-15-25(31-26-23(27(35)36)12-18(16-30-26)24-7-6-10-39-24)32-34(21)22-13-19-8-9-20(14-22)33(19)28(37)38-29(3,4)5/h6-7,10,12,15-17,19-20,22H,8-9,11,13-14H2,1-5H3,(H,35,36)(H,30,31,32)/t19-,20+,22?. The molecule has 3 atom stereocenters. The van der Waals surface area contributed by atoms with E-state index >= 15 is 0 Å². The number of aromatic nitrogens is 3. The van der Waals surface area contributed by atoms with Gasteiger partial charge in [0.05, 0.1) is 6.04 Å². The summed E-state index contributed by atoms with van der Waals surface area (Å²) in [6.07, 6.45) is 5.87. The van der Waals surface area contributed by atoms with Crippen LogP contribution in [0, 0.1) is 5.92 Å². The van der Waals surface area contributed by atoms with Gasteiger partial charge in [-0.3, -0.25) is 4.68 Å². The lowest BCUT2D eigenvalue weighted by Gasteiger charge is -2.40. The maximum absolute atomic E-state index is 12.9. The first-order valence-corrected chi connectivity index (χ1v) is 14.5. The van der Waals surface area contributed by atoms with E-state index in [2.05, 4.69) is 28.8 Å². The van der Waals surface area contributed by atoms with E-state index in [0.29, 0.717) is 11.7 Å². The number of piperidine rings is 1. The minimum atomic E-state index is -1.05. The van der Waals surface area contributed by atoms with Crippen LogP contribution in [0.3, 0.4) is 0 Å². The Labute approximate surface area is 233 Å². The third-order valence-electron chi connectivity index (χ3n) is 7.26. The van der Waals surface area contributed by atoms with E-state index in [0.717, 1.165) is 48.2 Å². The summed E-state index contributed by atoms with van der Waals surface area (Å²) in [6.45, 7) is 10.0. The molecule has 5 heterocycles. The largest absolute Gasteiger partial charge is 0.478 e. The van der Waals surface area contributed by atoms with Crippen molar-refractivity contribution in [1.82, 2.24) is 19.7 Å². The molecule has 2 aliphatic heterocycles. The van der Waals surface area contributed by atoms with Gasteiger partial charge in [0.15, 0.2) is 5.82 Å². The number of rotatable bonds is 7. The number of pyridine rings is 1. The van der Waals surface area contributed by atoms with Crippen molar-refractivity contribution in [1.29, 1.82) is 0 Å². The number of hydrogen-bond acceptors (Lipinski definition) is 7. The average Bonchev–Trinajstić information content (AvgIpc) is 3.56. The zero-order valence-electron chi connectivity index (χ0n) is 23.2. The maximum atomic E-state index is 12.9. The zero-order valence-corrected chi connectivity index (χ0v) is 24.0. The molecular formula is C29H37N5O4S. The molecule has 5 rings (SSSR count). The minimum Gasteiger partial charge on any atom is -0.478 e. The topological polar surface area (TPSA) is 110 Å². The predicted molar refractivity (Wildman–Crippen MR) is 152 cm³/mol. The summed E-state index contributed by atoms with van der Waals surface area (Å²) < 4.78 is 7.81. The Kier molecular flexibility index (Phi) is 7.41. The van der Waals surface area contributed by atoms with Gasteiger partial charge in [-0.2, -0.15) is 5.10 Å². The van der Waals surface area contributed by atoms with Gasteiger partial charge in [0.1, 0.15) is 17.0 Å². The summed E-state index contributed by atoms with van der Waals surface area (Å²) in [6, 6.07) is 7.93. The number of anilines is 2. The highest BCUT2D eigenvalue weighted by Gasteiger charge is 2.46. The van der Waals surface area contributed by atoms with E-state index in [1.165, 1.54) is 0 Å². The third-order valence-corrected chi connectivity index (χ3v) is 8.18. The number of fused-ring (bicyclic) bond motifs is 2. The lowest BCUT2D eigenvalue weighted by molar-refractivity contribution is 0.00216. The number of amides is 1. The predicted octanol–water partition coefficient (Wildman–Crippen LogP) is 6.75. The van der Waals surface area contributed by atoms with Gasteiger partial charge in [0.2, 0.25) is 0 Å². The lowest BCUT2D eigenvalue weighted by atomic mass is 9.97. The van der Waals surface area contributed by atoms with Gasteiger partial charge in [-0.05, 0) is 76.3 Å². The Hall–Kier alpha value is -3.40. The third kappa shape index (κ3) is 5.95. The molecule has 0 saturated carbocycles. The van der Waals surface area contributed by atoms with Crippen LogP contribution in [-0.4, -0.2) is 54.5 Å². The van der Waals surface area contributed by atoms with Crippen molar-refractivity contribution >= 4 is 35.0 Å². The van der Waals surface area contributed by atoms with Crippen LogP contribution in [0.1, 0.15) is 82.4 Å². The van der Waals surface area contributed by atoms with Gasteiger partial charge in [-0.15, -0.1) is 11.3 Å². The molecule has 2 N–H and O–H groups in total. The van der Waals surface area contributed by atoms with Gasteiger partial charge in [-0.25, -0.2) is 14.6 Å². The van der Waals surface area contributed by atoms with E-state index in [1.54, 1.807) is 23.6 Å². The normalized spacial score (nSPS) is 20.9. The number of carboxylic acids is 1. The number of hydrogen-bond donors (Lipinski definition) is 2. The number of nitrogens with one attached hydrogen (secondary N) is 1. The van der Waals surface area contributed by atoms with Crippen molar-refractivity contribution < 1.29 is 19.4 Å². The molecule has 2 aliphatic rings. The van der Waals surface area contributed by atoms with Crippen molar-refractivity contribution in [2.24, 2.45) is 5.92 Å². The SMILES string of the molecule is CC(C)Cc1cc(Nc2ncc(-c3cccs3)cc2C(=O)O)nn1C1C[C@H]2CC[C@@H](C1)N2C(=O)OC(C)(C)C. The Balaban J connectivity index is 1.39. The fourth-order valence-corrected chi connectivity index (χ4v) is 6.48. The summed E-state index contributed by atoms with van der Waals surface area (Å²) in [5, 5.41) is 20.0. The van der Waals surface area contributed by atoms with Crippen LogP contribution >= 0.6 is 11.3 Å². The fraction of sp³-hybridized carbons (Fsp3) is 0.517. The van der Waals surface area contributed by atoms with Gasteiger partial charge in [0, 0.05) is 40.5 Å². The molecular weight excluding hydrogens is 514 g/mol. The number of carboxylic acid groups (broad SMARTS) is 1. The molecule has 1 unspecified atom stereocenters. The van der Waals surface area contributed by atoms with Crippen LogP contribution in [0.2, 0.25) is 0 Å². The molecule has 208 valence electrons. The first-order valence-electron chi connectivity index (χ1n) is 13.6. The molecule has 39 heavy (non-hydrogen) atoms. The van der Waals surface area contributed by atoms with Crippen LogP contribution in [-0.2, 0) is 11.2 Å². The van der Waals surface area contributed by atoms with E-state index in [1.807, 2.05) is 49.3 Å². The van der Waals surface area contributed by atoms with E-state index in [9.17, 15) is 14.7 Å². The maximum Gasteiger partial charge on any atom is 0.410 e. The molecule has 2 saturated heterocycles. The molecule has 1 amide bonds. The fourth-order valence-electron chi connectivity index (χ4n) is 5.77. The molecule has 10 heteroatoms. The van der Waals surface area contributed by atoms with Crippen molar-refractivity contribution in [2.45, 2.75) is 90.4 Å². The molecule has 9 nitrogen and oxygen atoms in total. The number of thiophene rings is 1. The first-order chi connectivity index (χ1) is 18.5. The summed E-state index contributed by atoms with van der Waals surface area (Å²) in [4.78, 5) is 32.4. The van der Waals surface area contributed by atoms with Gasteiger partial charge >= 0.3 is 12.1 Å². The molecule has 0 radical (unpaired) electrons. The second-order valence-corrected chi connectivity index (χ2v) is 12.9. The monoisotopic (exact) mass is 551 g/mol. The molecule has 2 fully saturated rings. The smallest absolute Gasteiger partial charge is 0.410 e. The number of ether oxygens (including phenoxy) is 1. The number of nitrogens with zero attached hydrogens (tertiary/aromatic N) is 4. The molecule has 2 bridgehead atoms. The molecule has 0 spiro atoms. The van der Waals surface area contributed by atoms with E-state index in [4.69, 9.17) is 9.84 Å². The second-order valence-electron chi connectivity index (χ2n) is 12.0. The Bertz CT molecular complexity index is 1330. The zero-order chi connectivity index (χ0) is 27.9. The van der Waals surface area contributed by atoms with Crippen LogP contribution in [0.4, 0.5) is 16.4 Å². The molecule has 3 aromatic heterocycles. The van der Waals surface area contributed by atoms with Crippen LogP contribution in [0.5, 0.6) is 0 Å². The van der Waals surface area contributed by atoms with Crippen molar-refractivity contribution in [3.63, 3.8) is 0 Å². The van der Waals surface area contributed by atoms with Crippen LogP contribution in [0.15, 0.2) is 35.8 Å². The Morgan fingerprint density at radius 1 is 1.18 bits per heavy atom. The second kappa shape index (κ2) is 10.6. The number of carbonyl (C=O) groups is 2. The van der Waals surface area contributed by atoms with Crippen molar-refractivity contribution in [2.75, 3.05) is 5.32 Å². The summed E-state index contributed by atoms with van der Waals surface area (Å²) >= 11 is 1.54. The Morgan fingerprint density at radius 2 is 1.90 bits per heavy atom. The van der Waals surface area contributed by atoms with Crippen LogP contribution in [0.25, 0.3) is 10.4 Å². The minimum absolute atomic E-state index is 0.101. The average molecular weight is 552 g/mol. The molecule has 3 aromatic rings. The Morgan fingerprint density at radius 3 is 2.49 bits per heavy atom. The quantitative estimate of drug-likeness (QED) is 0.334. The van der Waals surface area contributed by atoms with Crippen LogP contribution < -0.4 is 5.32 Å². The summed E-state index contributed by atoms with van der Waals surface area (Å²) in [7, 11) is 0. The summed E-state index contributed by atoms with van der Waals surface area (Å²) in [5.41, 5.74) is 1.44. The molecule has 0 aliphatic carbocycles. The highest BCUT2D eigenvalue weighted by atomic mass is 32.1. The van der Waals surface area contributed by atoms with E-state index < -0.39 is 11.6 Å². The summed E-state index contributed by atoms with van der Waals surface area (Å²) in [5.74, 6) is 0.218.